The van der Waals surface area contributed by atoms with Crippen LogP contribution < -0.4 is 10.2 Å². The van der Waals surface area contributed by atoms with E-state index in [0.717, 1.165) is 59.5 Å². The second-order valence-electron chi connectivity index (χ2n) is 6.61. The van der Waals surface area contributed by atoms with E-state index in [9.17, 15) is 0 Å². The van der Waals surface area contributed by atoms with E-state index in [4.69, 9.17) is 0 Å². The van der Waals surface area contributed by atoms with Crippen molar-refractivity contribution in [2.24, 2.45) is 0 Å². The van der Waals surface area contributed by atoms with E-state index < -0.39 is 0 Å². The number of aromatic nitrogens is 1. The number of piperazine rings is 1. The lowest BCUT2D eigenvalue weighted by atomic mass is 10.1. The molecule has 0 bridgehead atoms. The molecule has 1 aliphatic heterocycles. The van der Waals surface area contributed by atoms with Gasteiger partial charge in [-0.15, -0.1) is 0 Å². The van der Waals surface area contributed by atoms with Crippen LogP contribution in [0, 0.1) is 0 Å². The molecule has 2 heterocycles. The minimum Gasteiger partial charge on any atom is -0.369 e. The van der Waals surface area contributed by atoms with Crippen molar-refractivity contribution in [3.63, 3.8) is 0 Å². The van der Waals surface area contributed by atoms with Gasteiger partial charge in [0, 0.05) is 59.3 Å². The van der Waals surface area contributed by atoms with E-state index in [1.807, 2.05) is 24.4 Å². The van der Waals surface area contributed by atoms with Gasteiger partial charge < -0.3 is 15.1 Å². The lowest BCUT2D eigenvalue weighted by molar-refractivity contribution is 0.271. The molecule has 1 N–H and O–H groups in total. The van der Waals surface area contributed by atoms with E-state index in [1.54, 1.807) is 0 Å². The molecule has 0 spiro atoms. The molecule has 0 atom stereocenters. The topological polar surface area (TPSA) is 31.4 Å². The standard InChI is InChI=1S/C21H23BrN4/c1-2-25-11-13-26(14-12-25)18-6-4-17(5-7-18)24-21-9-10-23-20-8-3-16(22)15-19(20)21/h3-10,15H,2,11-14H2,1H3,(H,23,24). The Labute approximate surface area is 163 Å². The molecule has 134 valence electrons. The van der Waals surface area contributed by atoms with Crippen LogP contribution in [0.15, 0.2) is 59.2 Å². The summed E-state index contributed by atoms with van der Waals surface area (Å²) >= 11 is 3.55. The predicted octanol–water partition coefficient (Wildman–Crippen LogP) is 4.88. The fraction of sp³-hybridized carbons (Fsp3) is 0.286. The molecule has 0 radical (unpaired) electrons. The van der Waals surface area contributed by atoms with E-state index >= 15 is 0 Å². The van der Waals surface area contributed by atoms with Gasteiger partial charge in [-0.05, 0) is 55.1 Å². The minimum absolute atomic E-state index is 0.989. The van der Waals surface area contributed by atoms with Crippen molar-refractivity contribution in [2.45, 2.75) is 6.92 Å². The maximum absolute atomic E-state index is 4.44. The summed E-state index contributed by atoms with van der Waals surface area (Å²) in [5.74, 6) is 0. The first kappa shape index (κ1) is 17.3. The molecule has 0 aliphatic carbocycles. The van der Waals surface area contributed by atoms with E-state index in [-0.39, 0.29) is 0 Å². The molecular weight excluding hydrogens is 388 g/mol. The number of anilines is 3. The first-order valence-corrected chi connectivity index (χ1v) is 9.91. The quantitative estimate of drug-likeness (QED) is 0.663. The smallest absolute Gasteiger partial charge is 0.0723 e. The number of hydrogen-bond donors (Lipinski definition) is 1. The molecule has 1 saturated heterocycles. The van der Waals surface area contributed by atoms with Crippen LogP contribution in [0.3, 0.4) is 0 Å². The van der Waals surface area contributed by atoms with Crippen molar-refractivity contribution in [3.8, 4) is 0 Å². The summed E-state index contributed by atoms with van der Waals surface area (Å²) in [6.45, 7) is 7.88. The highest BCUT2D eigenvalue weighted by Gasteiger charge is 2.15. The molecule has 1 aromatic heterocycles. The third-order valence-corrected chi connectivity index (χ3v) is 5.53. The van der Waals surface area contributed by atoms with Gasteiger partial charge in [-0.25, -0.2) is 0 Å². The molecule has 1 aliphatic rings. The molecule has 0 unspecified atom stereocenters. The highest BCUT2D eigenvalue weighted by molar-refractivity contribution is 9.10. The summed E-state index contributed by atoms with van der Waals surface area (Å²) in [4.78, 5) is 9.41. The molecular formula is C21H23BrN4. The number of fused-ring (bicyclic) bond motifs is 1. The fourth-order valence-corrected chi connectivity index (χ4v) is 3.82. The number of nitrogens with one attached hydrogen (secondary N) is 1. The van der Waals surface area contributed by atoms with Crippen LogP contribution in [0.1, 0.15) is 6.92 Å². The second-order valence-corrected chi connectivity index (χ2v) is 7.53. The second kappa shape index (κ2) is 7.64. The highest BCUT2D eigenvalue weighted by atomic mass is 79.9. The van der Waals surface area contributed by atoms with Crippen molar-refractivity contribution >= 4 is 43.9 Å². The number of pyridine rings is 1. The monoisotopic (exact) mass is 410 g/mol. The number of hydrogen-bond acceptors (Lipinski definition) is 4. The predicted molar refractivity (Wildman–Crippen MR) is 113 cm³/mol. The van der Waals surface area contributed by atoms with Crippen LogP contribution in [0.4, 0.5) is 17.1 Å². The lowest BCUT2D eigenvalue weighted by Gasteiger charge is -2.35. The van der Waals surface area contributed by atoms with E-state index in [0.29, 0.717) is 0 Å². The Hall–Kier alpha value is -2.11. The Morgan fingerprint density at radius 3 is 2.50 bits per heavy atom. The summed E-state index contributed by atoms with van der Waals surface area (Å²) in [6, 6.07) is 16.9. The Bertz CT molecular complexity index is 886. The molecule has 4 rings (SSSR count). The average Bonchev–Trinajstić information content (AvgIpc) is 2.69. The Balaban J connectivity index is 1.51. The van der Waals surface area contributed by atoms with Gasteiger partial charge in [0.05, 0.1) is 5.52 Å². The van der Waals surface area contributed by atoms with Crippen LogP contribution in [-0.4, -0.2) is 42.6 Å². The van der Waals surface area contributed by atoms with Gasteiger partial charge in [-0.2, -0.15) is 0 Å². The molecule has 0 saturated carbocycles. The van der Waals surface area contributed by atoms with Gasteiger partial charge in [0.1, 0.15) is 0 Å². The van der Waals surface area contributed by atoms with Crippen molar-refractivity contribution in [3.05, 3.63) is 59.2 Å². The average molecular weight is 411 g/mol. The van der Waals surface area contributed by atoms with Gasteiger partial charge in [-0.1, -0.05) is 22.9 Å². The summed E-state index contributed by atoms with van der Waals surface area (Å²) in [5, 5.41) is 4.65. The van der Waals surface area contributed by atoms with Crippen molar-refractivity contribution < 1.29 is 0 Å². The Morgan fingerprint density at radius 1 is 1.00 bits per heavy atom. The molecule has 3 aromatic rings. The summed E-state index contributed by atoms with van der Waals surface area (Å²) in [7, 11) is 0. The number of nitrogens with zero attached hydrogens (tertiary/aromatic N) is 3. The summed E-state index contributed by atoms with van der Waals surface area (Å²) < 4.78 is 1.06. The third-order valence-electron chi connectivity index (χ3n) is 5.03. The highest BCUT2D eigenvalue weighted by Crippen LogP contribution is 2.28. The fourth-order valence-electron chi connectivity index (χ4n) is 3.46. The molecule has 4 nitrogen and oxygen atoms in total. The minimum atomic E-state index is 0.989. The Morgan fingerprint density at radius 2 is 1.77 bits per heavy atom. The normalized spacial score (nSPS) is 15.4. The van der Waals surface area contributed by atoms with Crippen LogP contribution in [-0.2, 0) is 0 Å². The molecule has 1 fully saturated rings. The van der Waals surface area contributed by atoms with Crippen molar-refractivity contribution in [1.29, 1.82) is 0 Å². The zero-order valence-corrected chi connectivity index (χ0v) is 16.5. The molecule has 26 heavy (non-hydrogen) atoms. The maximum Gasteiger partial charge on any atom is 0.0723 e. The van der Waals surface area contributed by atoms with Crippen LogP contribution in [0.25, 0.3) is 10.9 Å². The molecule has 0 amide bonds. The van der Waals surface area contributed by atoms with Gasteiger partial charge in [0.2, 0.25) is 0 Å². The van der Waals surface area contributed by atoms with Gasteiger partial charge in [0.15, 0.2) is 0 Å². The lowest BCUT2D eigenvalue weighted by Crippen LogP contribution is -2.46. The zero-order chi connectivity index (χ0) is 17.9. The van der Waals surface area contributed by atoms with Crippen molar-refractivity contribution in [2.75, 3.05) is 42.9 Å². The van der Waals surface area contributed by atoms with E-state index in [1.165, 1.54) is 5.69 Å². The number of halogens is 1. The van der Waals surface area contributed by atoms with Crippen molar-refractivity contribution in [1.82, 2.24) is 9.88 Å². The Kier molecular flexibility index (Phi) is 5.09. The van der Waals surface area contributed by atoms with Gasteiger partial charge in [-0.3, -0.25) is 4.98 Å². The van der Waals surface area contributed by atoms with Crippen LogP contribution in [0.2, 0.25) is 0 Å². The van der Waals surface area contributed by atoms with E-state index in [2.05, 4.69) is 73.3 Å². The first-order valence-electron chi connectivity index (χ1n) is 9.11. The van der Waals surface area contributed by atoms with Crippen LogP contribution in [0.5, 0.6) is 0 Å². The summed E-state index contributed by atoms with van der Waals surface area (Å²) in [6.07, 6.45) is 1.85. The number of rotatable bonds is 4. The van der Waals surface area contributed by atoms with Crippen LogP contribution >= 0.6 is 15.9 Å². The summed E-state index contributed by atoms with van der Waals surface area (Å²) in [5.41, 5.74) is 4.45. The zero-order valence-electron chi connectivity index (χ0n) is 15.0. The first-order chi connectivity index (χ1) is 12.7. The molecule has 2 aromatic carbocycles. The third kappa shape index (κ3) is 3.69. The molecule has 5 heteroatoms. The van der Waals surface area contributed by atoms with Gasteiger partial charge >= 0.3 is 0 Å². The largest absolute Gasteiger partial charge is 0.369 e. The maximum atomic E-state index is 4.44. The van der Waals surface area contributed by atoms with Gasteiger partial charge in [0.25, 0.3) is 0 Å². The number of likely N-dealkylation sites (N-methyl/N-ethyl adjacent to an activating group) is 1. The number of benzene rings is 2. The SMILES string of the molecule is CCN1CCN(c2ccc(Nc3ccnc4ccc(Br)cc34)cc2)CC1.